The smallest absolute Gasteiger partial charge is 0.190 e. The highest BCUT2D eigenvalue weighted by Gasteiger charge is 2.22. The second-order valence-corrected chi connectivity index (χ2v) is 6.43. The van der Waals surface area contributed by atoms with E-state index in [9.17, 15) is 22.0 Å². The van der Waals surface area contributed by atoms with Crippen LogP contribution in [0.3, 0.4) is 0 Å². The zero-order valence-electron chi connectivity index (χ0n) is 14.4. The van der Waals surface area contributed by atoms with Crippen LogP contribution in [0.15, 0.2) is 24.3 Å². The predicted molar refractivity (Wildman–Crippen MR) is 98.8 cm³/mol. The normalized spacial score (nSPS) is 12.7. The van der Waals surface area contributed by atoms with E-state index in [1.54, 1.807) is 24.3 Å². The first-order valence-corrected chi connectivity index (χ1v) is 8.40. The highest BCUT2D eigenvalue weighted by Crippen LogP contribution is 2.28. The molecule has 0 saturated heterocycles. The molecule has 0 aliphatic carbocycles. The van der Waals surface area contributed by atoms with Crippen LogP contribution in [0.4, 0.5) is 22.0 Å². The molecule has 0 unspecified atom stereocenters. The van der Waals surface area contributed by atoms with Crippen molar-refractivity contribution in [3.05, 3.63) is 70.3 Å². The van der Waals surface area contributed by atoms with Gasteiger partial charge in [-0.05, 0) is 48.6 Å². The number of aromatic amines is 1. The zero-order valence-corrected chi connectivity index (χ0v) is 14.4. The van der Waals surface area contributed by atoms with Gasteiger partial charge in [-0.3, -0.25) is 0 Å². The first kappa shape index (κ1) is 17.4. The Morgan fingerprint density at radius 1 is 0.690 bits per heavy atom. The number of aromatic nitrogens is 4. The summed E-state index contributed by atoms with van der Waals surface area (Å²) in [5, 5.41) is 0. The summed E-state index contributed by atoms with van der Waals surface area (Å²) in [5.41, 5.74) is -1.36. The van der Waals surface area contributed by atoms with Crippen LogP contribution in [-0.4, -0.2) is 19.7 Å². The van der Waals surface area contributed by atoms with Crippen molar-refractivity contribution >= 4 is 46.4 Å². The summed E-state index contributed by atoms with van der Waals surface area (Å²) in [4.78, 5) is 10.4. The lowest BCUT2D eigenvalue weighted by Gasteiger charge is -1.93. The Morgan fingerprint density at radius 3 is 1.93 bits per heavy atom. The average Bonchev–Trinajstić information content (AvgIpc) is 3.42. The van der Waals surface area contributed by atoms with Crippen molar-refractivity contribution in [2.45, 2.75) is 0 Å². The minimum atomic E-state index is -1.78. The predicted octanol–water partition coefficient (Wildman–Crippen LogP) is 5.42. The largest absolute Gasteiger partial charge is 0.351 e. The van der Waals surface area contributed by atoms with E-state index in [1.165, 1.54) is 12.1 Å². The summed E-state index contributed by atoms with van der Waals surface area (Å²) in [6, 6.07) is 4.93. The van der Waals surface area contributed by atoms with E-state index >= 15 is 0 Å². The van der Waals surface area contributed by atoms with Crippen LogP contribution in [-0.2, 0) is 0 Å². The minimum Gasteiger partial charge on any atom is -0.351 e. The van der Waals surface area contributed by atoms with Crippen molar-refractivity contribution in [3.8, 4) is 0 Å². The summed E-state index contributed by atoms with van der Waals surface area (Å²) in [6.07, 6.45) is 6.40. The minimum absolute atomic E-state index is 0.114. The van der Waals surface area contributed by atoms with E-state index in [4.69, 9.17) is 0 Å². The molecule has 0 aromatic carbocycles. The third kappa shape index (κ3) is 2.74. The van der Waals surface area contributed by atoms with Gasteiger partial charge in [-0.15, -0.1) is 0 Å². The Morgan fingerprint density at radius 2 is 1.28 bits per heavy atom. The standard InChI is InChI=1S/C20H9F5N4/c21-14-7-13-6-11-2-1-9(26-11)5-10-3-4-12(27-10)8-15-16(22)17(23)20(29(15)25)18(24)19(14)28-13/h1-8,28H. The first-order chi connectivity index (χ1) is 13.9. The van der Waals surface area contributed by atoms with E-state index in [-0.39, 0.29) is 11.2 Å². The molecular weight excluding hydrogens is 391 g/mol. The lowest BCUT2D eigenvalue weighted by molar-refractivity contribution is 0.394. The number of nitrogens with zero attached hydrogens (tertiary/aromatic N) is 3. The quantitative estimate of drug-likeness (QED) is 0.353. The lowest BCUT2D eigenvalue weighted by atomic mass is 10.3. The van der Waals surface area contributed by atoms with Crippen molar-refractivity contribution in [1.29, 1.82) is 0 Å². The molecule has 0 amide bonds. The maximum Gasteiger partial charge on any atom is 0.190 e. The fraction of sp³-hybridized carbons (Fsp3) is 0. The molecule has 0 radical (unpaired) electrons. The van der Waals surface area contributed by atoms with Gasteiger partial charge in [0.25, 0.3) is 0 Å². The Kier molecular flexibility index (Phi) is 3.67. The number of hydrogen-bond donors (Lipinski definition) is 1. The maximum atomic E-state index is 14.8. The molecule has 2 aliphatic rings. The van der Waals surface area contributed by atoms with Gasteiger partial charge in [-0.25, -0.2) is 27.5 Å². The molecule has 9 heteroatoms. The molecular formula is C20H9F5N4. The van der Waals surface area contributed by atoms with Crippen LogP contribution in [0.5, 0.6) is 0 Å². The van der Waals surface area contributed by atoms with Gasteiger partial charge >= 0.3 is 0 Å². The summed E-state index contributed by atoms with van der Waals surface area (Å²) >= 11 is 0. The number of nitrogens with one attached hydrogen (secondary N) is 1. The Bertz CT molecular complexity index is 1410. The molecule has 144 valence electrons. The molecule has 2 aliphatic heterocycles. The fourth-order valence-corrected chi connectivity index (χ4v) is 3.18. The molecule has 3 aromatic heterocycles. The molecule has 29 heavy (non-hydrogen) atoms. The first-order valence-electron chi connectivity index (χ1n) is 8.40. The van der Waals surface area contributed by atoms with Gasteiger partial charge < -0.3 is 4.98 Å². The summed E-state index contributed by atoms with van der Waals surface area (Å²) in [6.45, 7) is 0. The molecule has 5 heterocycles. The van der Waals surface area contributed by atoms with Gasteiger partial charge in [0, 0.05) is 5.52 Å². The number of fused-ring (bicyclic) bond motifs is 8. The summed E-state index contributed by atoms with van der Waals surface area (Å²) < 4.78 is 72.2. The molecule has 3 aromatic rings. The van der Waals surface area contributed by atoms with Crippen LogP contribution >= 0.6 is 0 Å². The third-order valence-corrected chi connectivity index (χ3v) is 4.50. The highest BCUT2D eigenvalue weighted by molar-refractivity contribution is 5.78. The van der Waals surface area contributed by atoms with Gasteiger partial charge in [0.1, 0.15) is 11.0 Å². The van der Waals surface area contributed by atoms with Gasteiger partial charge in [-0.2, -0.15) is 4.79 Å². The molecule has 0 fully saturated rings. The van der Waals surface area contributed by atoms with Crippen molar-refractivity contribution in [3.63, 3.8) is 0 Å². The molecule has 8 bridgehead atoms. The number of rotatable bonds is 0. The fourth-order valence-electron chi connectivity index (χ4n) is 3.18. The van der Waals surface area contributed by atoms with E-state index in [0.717, 1.165) is 12.1 Å². The highest BCUT2D eigenvalue weighted by atomic mass is 19.2. The van der Waals surface area contributed by atoms with Crippen LogP contribution in [0.1, 0.15) is 22.8 Å². The SMILES string of the molecule is Fc1cc2cc3nc(cc4nc(cc5c(F)c(F)c(c(F)c1[nH]2)n5F)C=C4)C=C3. The van der Waals surface area contributed by atoms with Crippen LogP contribution in [0.25, 0.3) is 46.4 Å². The van der Waals surface area contributed by atoms with E-state index in [0.29, 0.717) is 17.1 Å². The van der Waals surface area contributed by atoms with Crippen molar-refractivity contribution in [1.82, 2.24) is 19.7 Å². The Hall–Kier alpha value is -3.75. The van der Waals surface area contributed by atoms with Gasteiger partial charge in [-0.1, -0.05) is 4.48 Å². The zero-order chi connectivity index (χ0) is 20.3. The number of H-pyrrole nitrogens is 1. The van der Waals surface area contributed by atoms with E-state index in [2.05, 4.69) is 15.0 Å². The van der Waals surface area contributed by atoms with Crippen LogP contribution in [0.2, 0.25) is 0 Å². The van der Waals surface area contributed by atoms with Crippen LogP contribution < -0.4 is 0 Å². The second kappa shape index (κ2) is 6.13. The molecule has 0 spiro atoms. The maximum absolute atomic E-state index is 14.8. The Balaban J connectivity index is 2.00. The Labute approximate surface area is 159 Å². The molecule has 4 nitrogen and oxygen atoms in total. The van der Waals surface area contributed by atoms with Gasteiger partial charge in [0.15, 0.2) is 28.8 Å². The van der Waals surface area contributed by atoms with Crippen molar-refractivity contribution < 1.29 is 22.0 Å². The van der Waals surface area contributed by atoms with Crippen LogP contribution in [0, 0.1) is 23.3 Å². The molecule has 1 N–H and O–H groups in total. The van der Waals surface area contributed by atoms with Crippen molar-refractivity contribution in [2.75, 3.05) is 0 Å². The second-order valence-electron chi connectivity index (χ2n) is 6.43. The number of hydrogen-bond acceptors (Lipinski definition) is 2. The van der Waals surface area contributed by atoms with Gasteiger partial charge in [0.2, 0.25) is 0 Å². The van der Waals surface area contributed by atoms with Gasteiger partial charge in [0.05, 0.1) is 22.8 Å². The monoisotopic (exact) mass is 400 g/mol. The topological polar surface area (TPSA) is 46.5 Å². The van der Waals surface area contributed by atoms with E-state index < -0.39 is 44.6 Å². The molecule has 0 atom stereocenters. The molecule has 0 saturated carbocycles. The summed E-state index contributed by atoms with van der Waals surface area (Å²) in [7, 11) is 0. The molecule has 5 rings (SSSR count). The number of halogens is 5. The average molecular weight is 400 g/mol. The lowest BCUT2D eigenvalue weighted by Crippen LogP contribution is -1.88. The van der Waals surface area contributed by atoms with Crippen molar-refractivity contribution in [2.24, 2.45) is 0 Å². The van der Waals surface area contributed by atoms with E-state index in [1.807, 2.05) is 0 Å². The third-order valence-electron chi connectivity index (χ3n) is 4.50. The summed E-state index contributed by atoms with van der Waals surface area (Å²) in [5.74, 6) is -6.10.